The first-order chi connectivity index (χ1) is 35.0. The maximum absolute atomic E-state index is 12.9. The molecule has 0 amide bonds. The number of rotatable bonds is 57. The fraction of sp³-hybridized carbons (Fsp3) is 0.831. The Morgan fingerprint density at radius 1 is 0.282 bits per heavy atom. The molecular weight excluding hydrogens is 877 g/mol. The fourth-order valence-electron chi connectivity index (χ4n) is 9.14. The summed E-state index contributed by atoms with van der Waals surface area (Å²) in [5.74, 6) is -0.922. The van der Waals surface area contributed by atoms with Crippen molar-refractivity contribution < 1.29 is 28.6 Å². The zero-order chi connectivity index (χ0) is 51.4. The van der Waals surface area contributed by atoms with Gasteiger partial charge >= 0.3 is 17.9 Å². The number of unbranched alkanes of at least 4 members (excludes halogenated alkanes) is 38. The number of hydrogen-bond acceptors (Lipinski definition) is 6. The molecule has 0 unspecified atom stereocenters. The van der Waals surface area contributed by atoms with E-state index in [-0.39, 0.29) is 37.5 Å². The Kier molecular flexibility index (Phi) is 57.7. The van der Waals surface area contributed by atoms with Gasteiger partial charge < -0.3 is 14.2 Å². The molecular formula is C65H118O6. The summed E-state index contributed by atoms with van der Waals surface area (Å²) in [7, 11) is 0. The van der Waals surface area contributed by atoms with E-state index in [0.29, 0.717) is 19.3 Å². The molecule has 0 heterocycles. The lowest BCUT2D eigenvalue weighted by molar-refractivity contribution is -0.167. The van der Waals surface area contributed by atoms with Gasteiger partial charge in [0.2, 0.25) is 0 Å². The average Bonchev–Trinajstić information content (AvgIpc) is 3.37. The van der Waals surface area contributed by atoms with Crippen LogP contribution in [0.1, 0.15) is 329 Å². The second-order valence-electron chi connectivity index (χ2n) is 21.0. The van der Waals surface area contributed by atoms with Crippen LogP contribution in [0.4, 0.5) is 0 Å². The van der Waals surface area contributed by atoms with Crippen LogP contribution in [-0.2, 0) is 28.6 Å². The van der Waals surface area contributed by atoms with E-state index in [1.807, 2.05) is 0 Å². The van der Waals surface area contributed by atoms with Gasteiger partial charge in [-0.15, -0.1) is 0 Å². The number of carbonyl (C=O) groups excluding carboxylic acids is 3. The highest BCUT2D eigenvalue weighted by Gasteiger charge is 2.19. The van der Waals surface area contributed by atoms with Crippen molar-refractivity contribution in [3.8, 4) is 0 Å². The van der Waals surface area contributed by atoms with Crippen molar-refractivity contribution in [2.24, 2.45) is 0 Å². The number of hydrogen-bond donors (Lipinski definition) is 0. The Morgan fingerprint density at radius 3 is 0.845 bits per heavy atom. The summed E-state index contributed by atoms with van der Waals surface area (Å²) >= 11 is 0. The van der Waals surface area contributed by atoms with E-state index in [1.165, 1.54) is 218 Å². The second kappa shape index (κ2) is 59.9. The zero-order valence-corrected chi connectivity index (χ0v) is 47.5. The number of allylic oxidation sites excluding steroid dienone is 8. The highest BCUT2D eigenvalue weighted by molar-refractivity contribution is 5.71. The number of ether oxygens (including phenoxy) is 3. The summed E-state index contributed by atoms with van der Waals surface area (Å²) in [6.07, 6.45) is 74.0. The van der Waals surface area contributed by atoms with Gasteiger partial charge in [-0.1, -0.05) is 301 Å². The predicted octanol–water partition coefficient (Wildman–Crippen LogP) is 21.0. The Labute approximate surface area is 441 Å². The molecule has 0 spiro atoms. The number of esters is 3. The molecule has 1 atom stereocenters. The van der Waals surface area contributed by atoms with E-state index in [9.17, 15) is 14.4 Å². The zero-order valence-electron chi connectivity index (χ0n) is 47.5. The quantitative estimate of drug-likeness (QED) is 0.0261. The Morgan fingerprint density at radius 2 is 0.521 bits per heavy atom. The molecule has 0 aromatic carbocycles. The molecule has 0 radical (unpaired) electrons. The van der Waals surface area contributed by atoms with Crippen molar-refractivity contribution in [2.75, 3.05) is 13.2 Å². The molecule has 0 aromatic rings. The van der Waals surface area contributed by atoms with Gasteiger partial charge in [0.1, 0.15) is 13.2 Å². The molecule has 0 aliphatic heterocycles. The van der Waals surface area contributed by atoms with Crippen molar-refractivity contribution in [3.63, 3.8) is 0 Å². The van der Waals surface area contributed by atoms with Crippen molar-refractivity contribution in [1.29, 1.82) is 0 Å². The third-order valence-corrected chi connectivity index (χ3v) is 13.8. The van der Waals surface area contributed by atoms with E-state index in [4.69, 9.17) is 14.2 Å². The van der Waals surface area contributed by atoms with E-state index in [1.54, 1.807) is 0 Å². The van der Waals surface area contributed by atoms with Crippen molar-refractivity contribution in [2.45, 2.75) is 335 Å². The maximum atomic E-state index is 12.9. The van der Waals surface area contributed by atoms with Crippen molar-refractivity contribution in [1.82, 2.24) is 0 Å². The molecule has 0 aliphatic rings. The van der Waals surface area contributed by atoms with Crippen LogP contribution < -0.4 is 0 Å². The monoisotopic (exact) mass is 995 g/mol. The largest absolute Gasteiger partial charge is 0.462 e. The van der Waals surface area contributed by atoms with Crippen LogP contribution in [0.15, 0.2) is 48.6 Å². The molecule has 0 saturated carbocycles. The first-order valence-corrected chi connectivity index (χ1v) is 31.1. The third kappa shape index (κ3) is 58.1. The van der Waals surface area contributed by atoms with Gasteiger partial charge in [-0.3, -0.25) is 14.4 Å². The van der Waals surface area contributed by atoms with E-state index < -0.39 is 6.10 Å². The van der Waals surface area contributed by atoms with E-state index in [2.05, 4.69) is 69.4 Å². The van der Waals surface area contributed by atoms with Crippen LogP contribution in [-0.4, -0.2) is 37.2 Å². The van der Waals surface area contributed by atoms with Gasteiger partial charge in [0.05, 0.1) is 0 Å². The summed E-state index contributed by atoms with van der Waals surface area (Å²) < 4.78 is 16.9. The lowest BCUT2D eigenvalue weighted by Gasteiger charge is -2.18. The van der Waals surface area contributed by atoms with Gasteiger partial charge in [-0.05, 0) is 57.8 Å². The SMILES string of the molecule is CCCCC/C=C\C/C=C\C/C=C\C/C=C\CCCC(=O)OC[C@H](COC(=O)CCCCCCCCCCCCCCCCCCCC)OC(=O)CCCCCCCCCCCCCCCCCCCC. The average molecular weight is 996 g/mol. The topological polar surface area (TPSA) is 78.9 Å². The molecule has 6 heteroatoms. The summed E-state index contributed by atoms with van der Waals surface area (Å²) in [6, 6.07) is 0. The second-order valence-corrected chi connectivity index (χ2v) is 21.0. The first-order valence-electron chi connectivity index (χ1n) is 31.1. The van der Waals surface area contributed by atoms with Crippen molar-refractivity contribution in [3.05, 3.63) is 48.6 Å². The van der Waals surface area contributed by atoms with Gasteiger partial charge in [0, 0.05) is 19.3 Å². The van der Waals surface area contributed by atoms with E-state index >= 15 is 0 Å². The molecule has 0 rings (SSSR count). The van der Waals surface area contributed by atoms with E-state index in [0.717, 1.165) is 64.2 Å². The van der Waals surface area contributed by atoms with Gasteiger partial charge in [-0.25, -0.2) is 0 Å². The molecule has 0 bridgehead atoms. The van der Waals surface area contributed by atoms with Gasteiger partial charge in [0.25, 0.3) is 0 Å². The van der Waals surface area contributed by atoms with Crippen LogP contribution in [0, 0.1) is 0 Å². The maximum Gasteiger partial charge on any atom is 0.306 e. The Balaban J connectivity index is 4.40. The molecule has 0 aromatic heterocycles. The molecule has 0 N–H and O–H groups in total. The highest BCUT2D eigenvalue weighted by atomic mass is 16.6. The Hall–Kier alpha value is -2.63. The molecule has 0 saturated heterocycles. The highest BCUT2D eigenvalue weighted by Crippen LogP contribution is 2.17. The summed E-state index contributed by atoms with van der Waals surface area (Å²) in [6.45, 7) is 6.62. The smallest absolute Gasteiger partial charge is 0.306 e. The van der Waals surface area contributed by atoms with Crippen LogP contribution in [0.2, 0.25) is 0 Å². The van der Waals surface area contributed by atoms with Crippen LogP contribution in [0.25, 0.3) is 0 Å². The fourth-order valence-corrected chi connectivity index (χ4v) is 9.14. The van der Waals surface area contributed by atoms with Crippen LogP contribution in [0.3, 0.4) is 0 Å². The summed E-state index contributed by atoms with van der Waals surface area (Å²) in [5.41, 5.74) is 0. The molecule has 71 heavy (non-hydrogen) atoms. The molecule has 0 aliphatic carbocycles. The summed E-state index contributed by atoms with van der Waals surface area (Å²) in [5, 5.41) is 0. The lowest BCUT2D eigenvalue weighted by Crippen LogP contribution is -2.30. The minimum absolute atomic E-state index is 0.0851. The van der Waals surface area contributed by atoms with Crippen LogP contribution >= 0.6 is 0 Å². The van der Waals surface area contributed by atoms with Crippen LogP contribution in [0.5, 0.6) is 0 Å². The predicted molar refractivity (Wildman–Crippen MR) is 307 cm³/mol. The lowest BCUT2D eigenvalue weighted by atomic mass is 10.0. The molecule has 0 fully saturated rings. The van der Waals surface area contributed by atoms with Crippen molar-refractivity contribution >= 4 is 17.9 Å². The minimum Gasteiger partial charge on any atom is -0.462 e. The van der Waals surface area contributed by atoms with Gasteiger partial charge in [0.15, 0.2) is 6.10 Å². The Bertz CT molecular complexity index is 1230. The standard InChI is InChI=1S/C65H118O6/c1-4-7-10-13-16-19-22-25-28-31-34-37-40-43-46-49-52-55-58-64(67)70-61-62(60-69-63(66)57-54-51-48-45-42-39-36-33-30-27-24-21-18-15-12-9-6-3)71-65(68)59-56-53-50-47-44-41-38-35-32-29-26-23-20-17-14-11-8-5-2/h18,21,27,30,36,39,45,48,62H,4-17,19-20,22-26,28-29,31-35,37-38,40-44,46-47,49-61H2,1-3H3/b21-18-,30-27-,39-36-,48-45-/t62-/m1/s1. The summed E-state index contributed by atoms with van der Waals surface area (Å²) in [4.78, 5) is 38.2. The minimum atomic E-state index is -0.792. The number of carbonyl (C=O) groups is 3. The third-order valence-electron chi connectivity index (χ3n) is 13.8. The van der Waals surface area contributed by atoms with Gasteiger partial charge in [-0.2, -0.15) is 0 Å². The normalized spacial score (nSPS) is 12.3. The molecule has 6 nitrogen and oxygen atoms in total. The first kappa shape index (κ1) is 68.4. The molecule has 414 valence electrons.